The third-order valence-corrected chi connectivity index (χ3v) is 4.57. The summed E-state index contributed by atoms with van der Waals surface area (Å²) in [5.41, 5.74) is 2.19. The molecule has 0 bridgehead atoms. The van der Waals surface area contributed by atoms with E-state index in [1.54, 1.807) is 12.3 Å². The molecule has 0 radical (unpaired) electrons. The summed E-state index contributed by atoms with van der Waals surface area (Å²) in [6, 6.07) is 11.3. The molecular weight excluding hydrogens is 322 g/mol. The van der Waals surface area contributed by atoms with Gasteiger partial charge >= 0.3 is 0 Å². The van der Waals surface area contributed by atoms with Gasteiger partial charge in [0.2, 0.25) is 0 Å². The topological polar surface area (TPSA) is 54.0 Å². The lowest BCUT2D eigenvalue weighted by molar-refractivity contribution is 0.0928. The van der Waals surface area contributed by atoms with Gasteiger partial charge in [-0.05, 0) is 49.2 Å². The molecule has 0 aliphatic heterocycles. The van der Waals surface area contributed by atoms with Gasteiger partial charge in [0, 0.05) is 28.6 Å². The summed E-state index contributed by atoms with van der Waals surface area (Å²) < 4.78 is 0. The van der Waals surface area contributed by atoms with Crippen LogP contribution in [0.5, 0.6) is 0 Å². The Labute approximate surface area is 147 Å². The van der Waals surface area contributed by atoms with Gasteiger partial charge in [-0.25, -0.2) is 0 Å². The van der Waals surface area contributed by atoms with Gasteiger partial charge in [-0.1, -0.05) is 37.3 Å². The molecule has 1 aromatic carbocycles. The second kappa shape index (κ2) is 8.15. The molecule has 1 aliphatic rings. The number of nitrogens with one attached hydrogen (secondary N) is 2. The number of hydrogen-bond donors (Lipinski definition) is 2. The minimum Gasteiger partial charge on any atom is -0.355 e. The molecular formula is C19H22ClN3O. The molecule has 4 nitrogen and oxygen atoms in total. The number of amides is 1. The summed E-state index contributed by atoms with van der Waals surface area (Å²) in [4.78, 5) is 16.7. The van der Waals surface area contributed by atoms with E-state index in [1.165, 1.54) is 25.7 Å². The molecule has 0 saturated heterocycles. The third kappa shape index (κ3) is 4.71. The number of hydrogen-bond acceptors (Lipinski definition) is 3. The Morgan fingerprint density at radius 1 is 1.00 bits per heavy atom. The lowest BCUT2D eigenvalue weighted by Crippen LogP contribution is -2.34. The van der Waals surface area contributed by atoms with Crippen LogP contribution in [0.3, 0.4) is 0 Å². The van der Waals surface area contributed by atoms with Crippen molar-refractivity contribution in [2.24, 2.45) is 0 Å². The summed E-state index contributed by atoms with van der Waals surface area (Å²) in [5.74, 6) is -0.0957. The van der Waals surface area contributed by atoms with Crippen molar-refractivity contribution in [3.8, 4) is 0 Å². The number of carbonyl (C=O) groups is 1. The van der Waals surface area contributed by atoms with E-state index in [4.69, 9.17) is 11.6 Å². The van der Waals surface area contributed by atoms with Crippen LogP contribution in [-0.4, -0.2) is 16.9 Å². The second-order valence-electron chi connectivity index (χ2n) is 6.22. The van der Waals surface area contributed by atoms with Crippen LogP contribution in [0.2, 0.25) is 5.02 Å². The molecule has 2 N–H and O–H groups in total. The van der Waals surface area contributed by atoms with Gasteiger partial charge in [0.25, 0.3) is 5.91 Å². The van der Waals surface area contributed by atoms with E-state index in [9.17, 15) is 4.79 Å². The quantitative estimate of drug-likeness (QED) is 0.774. The van der Waals surface area contributed by atoms with Crippen molar-refractivity contribution in [2.75, 3.05) is 5.32 Å². The fourth-order valence-electron chi connectivity index (χ4n) is 3.02. The molecule has 24 heavy (non-hydrogen) atoms. The molecule has 1 aromatic heterocycles. The zero-order valence-electron chi connectivity index (χ0n) is 13.6. The van der Waals surface area contributed by atoms with E-state index in [0.717, 1.165) is 24.2 Å². The predicted molar refractivity (Wildman–Crippen MR) is 97.9 cm³/mol. The van der Waals surface area contributed by atoms with Crippen LogP contribution >= 0.6 is 11.6 Å². The van der Waals surface area contributed by atoms with Crippen molar-refractivity contribution < 1.29 is 4.79 Å². The smallest absolute Gasteiger partial charge is 0.270 e. The Morgan fingerprint density at radius 2 is 1.71 bits per heavy atom. The minimum absolute atomic E-state index is 0.0957. The van der Waals surface area contributed by atoms with E-state index in [0.29, 0.717) is 10.7 Å². The Hall–Kier alpha value is -2.07. The molecule has 3 rings (SSSR count). The van der Waals surface area contributed by atoms with E-state index < -0.39 is 0 Å². The Bertz CT molecular complexity index is 679. The summed E-state index contributed by atoms with van der Waals surface area (Å²) in [6.07, 6.45) is 8.70. The average molecular weight is 344 g/mol. The molecule has 2 aromatic rings. The normalized spacial score (nSPS) is 15.5. The zero-order valence-corrected chi connectivity index (χ0v) is 14.4. The van der Waals surface area contributed by atoms with Crippen molar-refractivity contribution in [1.82, 2.24) is 10.3 Å². The highest BCUT2D eigenvalue weighted by Gasteiger charge is 2.16. The molecule has 1 heterocycles. The first-order valence-electron chi connectivity index (χ1n) is 8.50. The van der Waals surface area contributed by atoms with E-state index in [-0.39, 0.29) is 11.9 Å². The van der Waals surface area contributed by atoms with Gasteiger partial charge in [0.05, 0.1) is 0 Å². The maximum Gasteiger partial charge on any atom is 0.270 e. The Balaban J connectivity index is 1.65. The zero-order chi connectivity index (χ0) is 16.8. The molecule has 1 saturated carbocycles. The maximum absolute atomic E-state index is 12.5. The number of halogens is 1. The lowest BCUT2D eigenvalue weighted by Gasteiger charge is -2.16. The maximum atomic E-state index is 12.5. The van der Waals surface area contributed by atoms with Crippen molar-refractivity contribution in [3.63, 3.8) is 0 Å². The first-order chi connectivity index (χ1) is 11.7. The Kier molecular flexibility index (Phi) is 5.70. The number of pyridine rings is 1. The summed E-state index contributed by atoms with van der Waals surface area (Å²) in [6.45, 7) is 0. The van der Waals surface area contributed by atoms with Gasteiger partial charge in [-0.15, -0.1) is 0 Å². The van der Waals surface area contributed by atoms with Gasteiger partial charge in [-0.3, -0.25) is 9.78 Å². The molecule has 0 atom stereocenters. The number of rotatable bonds is 4. The highest BCUT2D eigenvalue weighted by Crippen LogP contribution is 2.20. The molecule has 126 valence electrons. The molecule has 0 spiro atoms. The number of nitrogens with zero attached hydrogens (tertiary/aromatic N) is 1. The molecule has 1 aliphatic carbocycles. The standard InChI is InChI=1S/C19H22ClN3O/c20-14-7-9-16(10-8-14)22-17-11-12-21-18(13-17)19(24)23-15-5-3-1-2-4-6-15/h7-13,15H,1-6H2,(H,21,22)(H,23,24). The highest BCUT2D eigenvalue weighted by atomic mass is 35.5. The SMILES string of the molecule is O=C(NC1CCCCCC1)c1cc(Nc2ccc(Cl)cc2)ccn1. The second-order valence-corrected chi connectivity index (χ2v) is 6.66. The number of aromatic nitrogens is 1. The first kappa shape index (κ1) is 16.8. The fraction of sp³-hybridized carbons (Fsp3) is 0.368. The van der Waals surface area contributed by atoms with Gasteiger partial charge in [0.1, 0.15) is 5.69 Å². The van der Waals surface area contributed by atoms with Gasteiger partial charge in [0.15, 0.2) is 0 Å². The number of benzene rings is 1. The summed E-state index contributed by atoms with van der Waals surface area (Å²) >= 11 is 5.89. The van der Waals surface area contributed by atoms with Crippen molar-refractivity contribution in [1.29, 1.82) is 0 Å². The Morgan fingerprint density at radius 3 is 2.42 bits per heavy atom. The molecule has 1 fully saturated rings. The summed E-state index contributed by atoms with van der Waals surface area (Å²) in [7, 11) is 0. The van der Waals surface area contributed by atoms with Crippen LogP contribution in [0.1, 0.15) is 49.0 Å². The molecule has 1 amide bonds. The number of carbonyl (C=O) groups excluding carboxylic acids is 1. The van der Waals surface area contributed by atoms with Crippen molar-refractivity contribution in [2.45, 2.75) is 44.6 Å². The molecule has 0 unspecified atom stereocenters. The van der Waals surface area contributed by atoms with E-state index in [1.807, 2.05) is 30.3 Å². The number of anilines is 2. The molecule has 5 heteroatoms. The van der Waals surface area contributed by atoms with Gasteiger partial charge in [-0.2, -0.15) is 0 Å². The van der Waals surface area contributed by atoms with Crippen LogP contribution < -0.4 is 10.6 Å². The first-order valence-corrected chi connectivity index (χ1v) is 8.88. The average Bonchev–Trinajstić information content (AvgIpc) is 2.86. The van der Waals surface area contributed by atoms with Gasteiger partial charge < -0.3 is 10.6 Å². The van der Waals surface area contributed by atoms with Crippen LogP contribution in [0.25, 0.3) is 0 Å². The minimum atomic E-state index is -0.0957. The van der Waals surface area contributed by atoms with Crippen LogP contribution in [0, 0.1) is 0 Å². The van der Waals surface area contributed by atoms with Crippen LogP contribution in [0.15, 0.2) is 42.6 Å². The highest BCUT2D eigenvalue weighted by molar-refractivity contribution is 6.30. The summed E-state index contributed by atoms with van der Waals surface area (Å²) in [5, 5.41) is 7.08. The van der Waals surface area contributed by atoms with E-state index in [2.05, 4.69) is 15.6 Å². The van der Waals surface area contributed by atoms with E-state index >= 15 is 0 Å². The lowest BCUT2D eigenvalue weighted by atomic mass is 10.1. The third-order valence-electron chi connectivity index (χ3n) is 4.32. The van der Waals surface area contributed by atoms with Crippen molar-refractivity contribution in [3.05, 3.63) is 53.3 Å². The van der Waals surface area contributed by atoms with Crippen molar-refractivity contribution >= 4 is 28.9 Å². The fourth-order valence-corrected chi connectivity index (χ4v) is 3.14. The monoisotopic (exact) mass is 343 g/mol. The predicted octanol–water partition coefficient (Wildman–Crippen LogP) is 4.93. The van der Waals surface area contributed by atoms with Crippen LogP contribution in [-0.2, 0) is 0 Å². The van der Waals surface area contributed by atoms with Crippen LogP contribution in [0.4, 0.5) is 11.4 Å². The largest absolute Gasteiger partial charge is 0.355 e.